The molecule has 94 valence electrons. The summed E-state index contributed by atoms with van der Waals surface area (Å²) in [6.07, 6.45) is 10.2. The maximum atomic E-state index is 3.64. The van der Waals surface area contributed by atoms with Crippen LogP contribution in [-0.4, -0.2) is 24.1 Å². The van der Waals surface area contributed by atoms with Crippen LogP contribution in [0.5, 0.6) is 0 Å². The average molecular weight is 241 g/mol. The van der Waals surface area contributed by atoms with Gasteiger partial charge in [-0.15, -0.1) is 0 Å². The Morgan fingerprint density at radius 1 is 1.06 bits per heavy atom. The lowest BCUT2D eigenvalue weighted by molar-refractivity contribution is 0.229. The summed E-state index contributed by atoms with van der Waals surface area (Å²) in [6, 6.07) is 0.790. The Hall–Kier alpha value is 0.310. The third-order valence-corrected chi connectivity index (χ3v) is 6.00. The average Bonchev–Trinajstić information content (AvgIpc) is 2.34. The van der Waals surface area contributed by atoms with Crippen LogP contribution in [0.25, 0.3) is 0 Å². The molecule has 2 unspecified atom stereocenters. The largest absolute Gasteiger partial charge is 0.316 e. The molecule has 2 atom stereocenters. The van der Waals surface area contributed by atoms with Crippen LogP contribution in [0.4, 0.5) is 0 Å². The molecule has 16 heavy (non-hydrogen) atoms. The monoisotopic (exact) mass is 241 g/mol. The second kappa shape index (κ2) is 6.30. The van der Waals surface area contributed by atoms with E-state index in [1.165, 1.54) is 50.7 Å². The molecule has 0 radical (unpaired) electrons. The van der Waals surface area contributed by atoms with Crippen LogP contribution >= 0.6 is 11.8 Å². The Balaban J connectivity index is 1.88. The van der Waals surface area contributed by atoms with Crippen molar-refractivity contribution in [3.05, 3.63) is 0 Å². The van der Waals surface area contributed by atoms with Crippen molar-refractivity contribution in [3.63, 3.8) is 0 Å². The summed E-state index contributed by atoms with van der Waals surface area (Å²) >= 11 is 2.23. The van der Waals surface area contributed by atoms with Gasteiger partial charge in [0, 0.05) is 11.3 Å². The zero-order valence-corrected chi connectivity index (χ0v) is 11.7. The van der Waals surface area contributed by atoms with Gasteiger partial charge in [-0.25, -0.2) is 0 Å². The molecular weight excluding hydrogens is 214 g/mol. The summed E-state index contributed by atoms with van der Waals surface area (Å²) in [6.45, 7) is 2.42. The highest BCUT2D eigenvalue weighted by atomic mass is 32.2. The number of rotatable bonds is 3. The molecule has 2 fully saturated rings. The molecule has 1 saturated heterocycles. The Labute approximate surface area is 105 Å². The Morgan fingerprint density at radius 3 is 2.38 bits per heavy atom. The van der Waals surface area contributed by atoms with Crippen molar-refractivity contribution in [1.82, 2.24) is 5.32 Å². The van der Waals surface area contributed by atoms with E-state index < -0.39 is 0 Å². The van der Waals surface area contributed by atoms with Gasteiger partial charge in [-0.1, -0.05) is 26.2 Å². The van der Waals surface area contributed by atoms with Crippen LogP contribution in [0.3, 0.4) is 0 Å². The minimum Gasteiger partial charge on any atom is -0.316 e. The first kappa shape index (κ1) is 12.8. The van der Waals surface area contributed by atoms with Gasteiger partial charge < -0.3 is 5.32 Å². The summed E-state index contributed by atoms with van der Waals surface area (Å²) in [5.41, 5.74) is 0. The van der Waals surface area contributed by atoms with E-state index in [0.717, 1.165) is 23.1 Å². The molecule has 1 aliphatic heterocycles. The smallest absolute Gasteiger partial charge is 0.0211 e. The quantitative estimate of drug-likeness (QED) is 0.809. The molecule has 0 aromatic rings. The molecule has 2 aliphatic rings. The second-order valence-electron chi connectivity index (χ2n) is 5.74. The van der Waals surface area contributed by atoms with Crippen molar-refractivity contribution < 1.29 is 0 Å². The lowest BCUT2D eigenvalue weighted by Crippen LogP contribution is -2.44. The van der Waals surface area contributed by atoms with Gasteiger partial charge >= 0.3 is 0 Å². The normalized spacial score (nSPS) is 38.2. The molecule has 1 heterocycles. The lowest BCUT2D eigenvalue weighted by atomic mass is 9.78. The fourth-order valence-electron chi connectivity index (χ4n) is 3.42. The molecule has 2 heteroatoms. The predicted molar refractivity (Wildman–Crippen MR) is 74.1 cm³/mol. The van der Waals surface area contributed by atoms with E-state index in [9.17, 15) is 0 Å². The molecule has 1 N–H and O–H groups in total. The van der Waals surface area contributed by atoms with Crippen molar-refractivity contribution in [2.75, 3.05) is 12.8 Å². The van der Waals surface area contributed by atoms with Crippen molar-refractivity contribution in [2.24, 2.45) is 11.8 Å². The van der Waals surface area contributed by atoms with Crippen molar-refractivity contribution >= 4 is 11.8 Å². The molecule has 1 nitrogen and oxygen atoms in total. The van der Waals surface area contributed by atoms with Gasteiger partial charge in [-0.3, -0.25) is 0 Å². The number of thioether (sulfide) groups is 1. The Kier molecular flexibility index (Phi) is 5.02. The minimum atomic E-state index is 0.790. The SMILES string of the molecule is CNC(C1CCC(C)CC1)C1CCCCS1. The summed E-state index contributed by atoms with van der Waals surface area (Å²) in [5.74, 6) is 3.33. The highest BCUT2D eigenvalue weighted by molar-refractivity contribution is 8.00. The first-order valence-electron chi connectivity index (χ1n) is 7.10. The molecule has 0 aromatic carbocycles. The van der Waals surface area contributed by atoms with E-state index in [-0.39, 0.29) is 0 Å². The topological polar surface area (TPSA) is 12.0 Å². The first-order chi connectivity index (χ1) is 7.81. The maximum absolute atomic E-state index is 3.64. The van der Waals surface area contributed by atoms with Gasteiger partial charge in [-0.2, -0.15) is 11.8 Å². The summed E-state index contributed by atoms with van der Waals surface area (Å²) < 4.78 is 0. The standard InChI is InChI=1S/C14H27NS/c1-11-6-8-12(9-7-11)14(15-2)13-5-3-4-10-16-13/h11-15H,3-10H2,1-2H3. The predicted octanol–water partition coefficient (Wildman–Crippen LogP) is 3.69. The van der Waals surface area contributed by atoms with Crippen molar-refractivity contribution in [3.8, 4) is 0 Å². The highest BCUT2D eigenvalue weighted by Gasteiger charge is 2.31. The Bertz CT molecular complexity index is 193. The molecule has 0 amide bonds. The number of hydrogen-bond acceptors (Lipinski definition) is 2. The number of nitrogens with one attached hydrogen (secondary N) is 1. The van der Waals surface area contributed by atoms with E-state index in [1.54, 1.807) is 0 Å². The lowest BCUT2D eigenvalue weighted by Gasteiger charge is -2.38. The van der Waals surface area contributed by atoms with Gasteiger partial charge in [0.05, 0.1) is 0 Å². The molecule has 2 rings (SSSR count). The molecule has 1 aliphatic carbocycles. The van der Waals surface area contributed by atoms with Gasteiger partial charge in [0.2, 0.25) is 0 Å². The van der Waals surface area contributed by atoms with Crippen LogP contribution in [0.2, 0.25) is 0 Å². The van der Waals surface area contributed by atoms with Crippen molar-refractivity contribution in [1.29, 1.82) is 0 Å². The van der Waals surface area contributed by atoms with E-state index in [0.29, 0.717) is 0 Å². The molecule has 0 bridgehead atoms. The van der Waals surface area contributed by atoms with Gasteiger partial charge in [-0.05, 0) is 50.3 Å². The molecule has 1 saturated carbocycles. The van der Waals surface area contributed by atoms with E-state index in [1.807, 2.05) is 0 Å². The van der Waals surface area contributed by atoms with E-state index in [2.05, 4.69) is 31.1 Å². The maximum Gasteiger partial charge on any atom is 0.0211 e. The fourth-order valence-corrected chi connectivity index (χ4v) is 4.99. The molecular formula is C14H27NS. The van der Waals surface area contributed by atoms with Crippen LogP contribution in [0.15, 0.2) is 0 Å². The zero-order chi connectivity index (χ0) is 11.4. The van der Waals surface area contributed by atoms with Crippen LogP contribution in [0.1, 0.15) is 51.9 Å². The third kappa shape index (κ3) is 3.16. The number of hydrogen-bond donors (Lipinski definition) is 1. The zero-order valence-electron chi connectivity index (χ0n) is 10.9. The molecule has 0 aromatic heterocycles. The summed E-state index contributed by atoms with van der Waals surface area (Å²) in [5, 5.41) is 4.54. The van der Waals surface area contributed by atoms with Crippen LogP contribution in [-0.2, 0) is 0 Å². The molecule has 0 spiro atoms. The highest BCUT2D eigenvalue weighted by Crippen LogP contribution is 2.37. The van der Waals surface area contributed by atoms with Crippen LogP contribution < -0.4 is 5.32 Å². The Morgan fingerprint density at radius 2 is 1.81 bits per heavy atom. The van der Waals surface area contributed by atoms with Gasteiger partial charge in [0.1, 0.15) is 0 Å². The fraction of sp³-hybridized carbons (Fsp3) is 1.00. The van der Waals surface area contributed by atoms with Crippen LogP contribution in [0, 0.1) is 11.8 Å². The van der Waals surface area contributed by atoms with Gasteiger partial charge in [0.15, 0.2) is 0 Å². The van der Waals surface area contributed by atoms with E-state index in [4.69, 9.17) is 0 Å². The first-order valence-corrected chi connectivity index (χ1v) is 8.15. The summed E-state index contributed by atoms with van der Waals surface area (Å²) in [4.78, 5) is 0. The second-order valence-corrected chi connectivity index (χ2v) is 7.09. The van der Waals surface area contributed by atoms with Gasteiger partial charge in [0.25, 0.3) is 0 Å². The summed E-state index contributed by atoms with van der Waals surface area (Å²) in [7, 11) is 2.18. The van der Waals surface area contributed by atoms with Crippen molar-refractivity contribution in [2.45, 2.75) is 63.2 Å². The minimum absolute atomic E-state index is 0.790. The third-order valence-electron chi connectivity index (χ3n) is 4.52. The van der Waals surface area contributed by atoms with E-state index >= 15 is 0 Å².